The van der Waals surface area contributed by atoms with Crippen LogP contribution in [0.2, 0.25) is 0 Å². The zero-order valence-corrected chi connectivity index (χ0v) is 12.5. The van der Waals surface area contributed by atoms with Crippen LogP contribution in [0.25, 0.3) is 0 Å². The van der Waals surface area contributed by atoms with E-state index in [2.05, 4.69) is 37.2 Å². The largest absolute Gasteiger partial charge is 0.352 e. The molecule has 0 fully saturated rings. The first-order chi connectivity index (χ1) is 8.15. The van der Waals surface area contributed by atoms with Gasteiger partial charge in [-0.3, -0.25) is 4.79 Å². The monoisotopic (exact) mass is 365 g/mol. The lowest BCUT2D eigenvalue weighted by Gasteiger charge is -2.06. The highest BCUT2D eigenvalue weighted by Gasteiger charge is 2.11. The van der Waals surface area contributed by atoms with Gasteiger partial charge in [0.15, 0.2) is 0 Å². The van der Waals surface area contributed by atoms with Crippen molar-refractivity contribution in [3.63, 3.8) is 0 Å². The Balaban J connectivity index is 2.44. The molecule has 1 amide bonds. The zero-order chi connectivity index (χ0) is 12.7. The molecule has 0 atom stereocenters. The molecule has 1 rings (SSSR count). The fraction of sp³-hybridized carbons (Fsp3) is 0.417. The molecule has 0 heterocycles. The van der Waals surface area contributed by atoms with E-state index in [0.717, 1.165) is 24.6 Å². The minimum absolute atomic E-state index is 0.0832. The average Bonchev–Trinajstić information content (AvgIpc) is 2.32. The van der Waals surface area contributed by atoms with E-state index in [1.54, 1.807) is 6.07 Å². The zero-order valence-electron chi connectivity index (χ0n) is 9.31. The standard InChI is InChI=1S/C12H14Br2FNO/c13-6-2-1-3-7-16-12(17)10-8-9(14)4-5-11(10)15/h4-5,8H,1-3,6-7H2,(H,16,17). The molecule has 0 spiro atoms. The van der Waals surface area contributed by atoms with Crippen LogP contribution in [-0.4, -0.2) is 17.8 Å². The van der Waals surface area contributed by atoms with Gasteiger partial charge in [0.2, 0.25) is 0 Å². The first-order valence-electron chi connectivity index (χ1n) is 5.44. The Bertz CT molecular complexity index is 385. The maximum atomic E-state index is 13.4. The Labute approximate surface area is 117 Å². The number of nitrogens with one attached hydrogen (secondary N) is 1. The number of rotatable bonds is 6. The maximum Gasteiger partial charge on any atom is 0.254 e. The Kier molecular flexibility index (Phi) is 6.73. The lowest BCUT2D eigenvalue weighted by Crippen LogP contribution is -2.25. The molecule has 0 radical (unpaired) electrons. The van der Waals surface area contributed by atoms with Crippen molar-refractivity contribution in [1.29, 1.82) is 0 Å². The number of unbranched alkanes of at least 4 members (excludes halogenated alkanes) is 2. The molecule has 1 aromatic carbocycles. The van der Waals surface area contributed by atoms with Crippen LogP contribution < -0.4 is 5.32 Å². The SMILES string of the molecule is O=C(NCCCCCBr)c1cc(Br)ccc1F. The van der Waals surface area contributed by atoms with E-state index in [1.807, 2.05) is 0 Å². The number of carbonyl (C=O) groups is 1. The fourth-order valence-corrected chi connectivity index (χ4v) is 2.12. The van der Waals surface area contributed by atoms with Crippen molar-refractivity contribution in [3.8, 4) is 0 Å². The minimum Gasteiger partial charge on any atom is -0.352 e. The van der Waals surface area contributed by atoms with Crippen LogP contribution >= 0.6 is 31.9 Å². The molecular weight excluding hydrogens is 353 g/mol. The third kappa shape index (κ3) is 5.17. The molecule has 0 aliphatic carbocycles. The van der Waals surface area contributed by atoms with Gasteiger partial charge in [-0.2, -0.15) is 0 Å². The summed E-state index contributed by atoms with van der Waals surface area (Å²) < 4.78 is 14.1. The highest BCUT2D eigenvalue weighted by atomic mass is 79.9. The summed E-state index contributed by atoms with van der Waals surface area (Å²) in [7, 11) is 0. The van der Waals surface area contributed by atoms with Gasteiger partial charge in [0, 0.05) is 16.3 Å². The van der Waals surface area contributed by atoms with Gasteiger partial charge in [-0.25, -0.2) is 4.39 Å². The van der Waals surface area contributed by atoms with Gasteiger partial charge >= 0.3 is 0 Å². The van der Waals surface area contributed by atoms with Crippen LogP contribution in [0.3, 0.4) is 0 Å². The number of hydrogen-bond acceptors (Lipinski definition) is 1. The van der Waals surface area contributed by atoms with Gasteiger partial charge in [0.1, 0.15) is 5.82 Å². The molecule has 1 aromatic rings. The molecule has 17 heavy (non-hydrogen) atoms. The molecule has 0 aliphatic rings. The van der Waals surface area contributed by atoms with Crippen LogP contribution in [0.5, 0.6) is 0 Å². The lowest BCUT2D eigenvalue weighted by molar-refractivity contribution is 0.0949. The molecule has 0 unspecified atom stereocenters. The molecule has 0 saturated carbocycles. The van der Waals surface area contributed by atoms with Crippen molar-refractivity contribution in [3.05, 3.63) is 34.1 Å². The van der Waals surface area contributed by atoms with E-state index < -0.39 is 5.82 Å². The Morgan fingerprint density at radius 1 is 1.29 bits per heavy atom. The second-order valence-corrected chi connectivity index (χ2v) is 5.34. The number of alkyl halides is 1. The van der Waals surface area contributed by atoms with E-state index in [4.69, 9.17) is 0 Å². The summed E-state index contributed by atoms with van der Waals surface area (Å²) in [6.07, 6.45) is 3.04. The van der Waals surface area contributed by atoms with Crippen molar-refractivity contribution in [2.75, 3.05) is 11.9 Å². The van der Waals surface area contributed by atoms with E-state index in [-0.39, 0.29) is 11.5 Å². The summed E-state index contributed by atoms with van der Waals surface area (Å²) in [4.78, 5) is 11.7. The van der Waals surface area contributed by atoms with E-state index >= 15 is 0 Å². The van der Waals surface area contributed by atoms with Crippen LogP contribution in [-0.2, 0) is 0 Å². The second kappa shape index (κ2) is 7.82. The summed E-state index contributed by atoms with van der Waals surface area (Å²) in [5.41, 5.74) is 0.0832. The number of carbonyl (C=O) groups excluding carboxylic acids is 1. The fourth-order valence-electron chi connectivity index (χ4n) is 1.36. The highest BCUT2D eigenvalue weighted by Crippen LogP contribution is 2.15. The van der Waals surface area contributed by atoms with Crippen molar-refractivity contribution >= 4 is 37.8 Å². The van der Waals surface area contributed by atoms with Crippen LogP contribution in [0.4, 0.5) is 4.39 Å². The predicted octanol–water partition coefficient (Wildman–Crippen LogP) is 3.88. The summed E-state index contributed by atoms with van der Waals surface area (Å²) in [5, 5.41) is 3.68. The van der Waals surface area contributed by atoms with Crippen molar-refractivity contribution < 1.29 is 9.18 Å². The van der Waals surface area contributed by atoms with Crippen LogP contribution in [0, 0.1) is 5.82 Å². The molecule has 1 N–H and O–H groups in total. The van der Waals surface area contributed by atoms with Gasteiger partial charge in [-0.15, -0.1) is 0 Å². The molecule has 94 valence electrons. The summed E-state index contributed by atoms with van der Waals surface area (Å²) in [6.45, 7) is 0.581. The van der Waals surface area contributed by atoms with Gasteiger partial charge in [0.05, 0.1) is 5.56 Å². The van der Waals surface area contributed by atoms with E-state index in [9.17, 15) is 9.18 Å². The minimum atomic E-state index is -0.494. The first kappa shape index (κ1) is 14.6. The number of hydrogen-bond donors (Lipinski definition) is 1. The van der Waals surface area contributed by atoms with Crippen LogP contribution in [0.1, 0.15) is 29.6 Å². The smallest absolute Gasteiger partial charge is 0.254 e. The van der Waals surface area contributed by atoms with Crippen molar-refractivity contribution in [2.45, 2.75) is 19.3 Å². The number of benzene rings is 1. The topological polar surface area (TPSA) is 29.1 Å². The van der Waals surface area contributed by atoms with Gasteiger partial charge in [0.25, 0.3) is 5.91 Å². The molecule has 0 saturated heterocycles. The molecule has 0 aromatic heterocycles. The van der Waals surface area contributed by atoms with Crippen molar-refractivity contribution in [2.24, 2.45) is 0 Å². The first-order valence-corrected chi connectivity index (χ1v) is 7.36. The Morgan fingerprint density at radius 2 is 2.06 bits per heavy atom. The molecular formula is C12H14Br2FNO. The molecule has 0 bridgehead atoms. The summed E-state index contributed by atoms with van der Waals surface area (Å²) in [5.74, 6) is -0.853. The average molecular weight is 367 g/mol. The summed E-state index contributed by atoms with van der Waals surface area (Å²) in [6, 6.07) is 4.34. The van der Waals surface area contributed by atoms with Gasteiger partial charge in [-0.05, 0) is 31.0 Å². The van der Waals surface area contributed by atoms with Gasteiger partial charge in [-0.1, -0.05) is 38.3 Å². The number of amides is 1. The van der Waals surface area contributed by atoms with E-state index in [1.165, 1.54) is 12.1 Å². The predicted molar refractivity (Wildman–Crippen MR) is 74.1 cm³/mol. The highest BCUT2D eigenvalue weighted by molar-refractivity contribution is 9.10. The number of halogens is 3. The van der Waals surface area contributed by atoms with Crippen molar-refractivity contribution in [1.82, 2.24) is 5.32 Å². The summed E-state index contributed by atoms with van der Waals surface area (Å²) >= 11 is 6.56. The lowest BCUT2D eigenvalue weighted by atomic mass is 10.2. The Hall–Kier alpha value is -0.420. The molecule has 2 nitrogen and oxygen atoms in total. The quantitative estimate of drug-likeness (QED) is 0.600. The third-order valence-electron chi connectivity index (χ3n) is 2.27. The Morgan fingerprint density at radius 3 is 2.76 bits per heavy atom. The van der Waals surface area contributed by atoms with E-state index in [0.29, 0.717) is 11.0 Å². The second-order valence-electron chi connectivity index (χ2n) is 3.63. The molecule has 0 aliphatic heterocycles. The van der Waals surface area contributed by atoms with Gasteiger partial charge < -0.3 is 5.32 Å². The molecule has 5 heteroatoms. The maximum absolute atomic E-state index is 13.4. The van der Waals surface area contributed by atoms with Crippen LogP contribution in [0.15, 0.2) is 22.7 Å². The normalized spacial score (nSPS) is 10.3. The third-order valence-corrected chi connectivity index (χ3v) is 3.32.